The Kier molecular flexibility index (Phi) is 11.8. The lowest BCUT2D eigenvalue weighted by Crippen LogP contribution is -2.58. The zero-order chi connectivity index (χ0) is 24.3. The van der Waals surface area contributed by atoms with E-state index in [4.69, 9.17) is 10.8 Å². The smallest absolute Gasteiger partial charge is 0.325 e. The van der Waals surface area contributed by atoms with Crippen molar-refractivity contribution in [1.82, 2.24) is 25.9 Å². The maximum Gasteiger partial charge on any atom is 0.325 e. The molecule has 0 aliphatic carbocycles. The summed E-state index contributed by atoms with van der Waals surface area (Å²) in [6.45, 7) is 5.04. The highest BCUT2D eigenvalue weighted by Crippen LogP contribution is 2.10. The van der Waals surface area contributed by atoms with Crippen LogP contribution >= 0.6 is 11.8 Å². The summed E-state index contributed by atoms with van der Waals surface area (Å²) >= 11 is 1.49. The van der Waals surface area contributed by atoms with Gasteiger partial charge in [0.25, 0.3) is 0 Å². The van der Waals surface area contributed by atoms with E-state index in [-0.39, 0.29) is 12.3 Å². The number of amides is 3. The number of aromatic nitrogens is 2. The first-order valence-electron chi connectivity index (χ1n) is 10.5. The van der Waals surface area contributed by atoms with Gasteiger partial charge in [0.05, 0.1) is 12.4 Å². The van der Waals surface area contributed by atoms with E-state index >= 15 is 0 Å². The van der Waals surface area contributed by atoms with E-state index in [1.54, 1.807) is 6.20 Å². The third-order valence-corrected chi connectivity index (χ3v) is 5.74. The van der Waals surface area contributed by atoms with Crippen LogP contribution in [-0.4, -0.2) is 74.9 Å². The molecule has 0 radical (unpaired) electrons. The fourth-order valence-corrected chi connectivity index (χ4v) is 3.30. The van der Waals surface area contributed by atoms with Gasteiger partial charge in [0.1, 0.15) is 18.1 Å². The van der Waals surface area contributed by atoms with E-state index in [2.05, 4.69) is 25.9 Å². The van der Waals surface area contributed by atoms with Gasteiger partial charge >= 0.3 is 5.97 Å². The predicted octanol–water partition coefficient (Wildman–Crippen LogP) is -0.362. The SMILES string of the molecule is CCC(C)C(NC(=O)C(N)Cc1cnc[nH]1)C(=O)NC(CCSC)C(=O)NC(C)C(=O)O. The van der Waals surface area contributed by atoms with Gasteiger partial charge in [0, 0.05) is 18.3 Å². The summed E-state index contributed by atoms with van der Waals surface area (Å²) in [5, 5.41) is 16.8. The molecule has 5 unspecified atom stereocenters. The molecule has 180 valence electrons. The summed E-state index contributed by atoms with van der Waals surface area (Å²) < 4.78 is 0. The molecule has 0 aliphatic heterocycles. The second kappa shape index (κ2) is 13.7. The summed E-state index contributed by atoms with van der Waals surface area (Å²) in [5.74, 6) is -2.43. The number of H-pyrrole nitrogens is 1. The fourth-order valence-electron chi connectivity index (χ4n) is 2.83. The number of rotatable bonds is 14. The highest BCUT2D eigenvalue weighted by molar-refractivity contribution is 7.98. The second-order valence-corrected chi connectivity index (χ2v) is 8.66. The third kappa shape index (κ3) is 8.87. The number of imidazole rings is 1. The van der Waals surface area contributed by atoms with E-state index < -0.39 is 47.9 Å². The van der Waals surface area contributed by atoms with Gasteiger partial charge in [-0.05, 0) is 31.3 Å². The minimum atomic E-state index is -1.18. The van der Waals surface area contributed by atoms with Crippen molar-refractivity contribution < 1.29 is 24.3 Å². The van der Waals surface area contributed by atoms with Gasteiger partial charge < -0.3 is 31.8 Å². The van der Waals surface area contributed by atoms with Crippen LogP contribution in [0.25, 0.3) is 0 Å². The van der Waals surface area contributed by atoms with Crippen LogP contribution in [0.3, 0.4) is 0 Å². The lowest BCUT2D eigenvalue weighted by molar-refractivity contribution is -0.141. The van der Waals surface area contributed by atoms with Crippen LogP contribution in [-0.2, 0) is 25.6 Å². The van der Waals surface area contributed by atoms with Crippen molar-refractivity contribution in [3.8, 4) is 0 Å². The van der Waals surface area contributed by atoms with Crippen molar-refractivity contribution in [2.24, 2.45) is 11.7 Å². The number of aromatic amines is 1. The Morgan fingerprint density at radius 3 is 2.38 bits per heavy atom. The molecule has 0 fully saturated rings. The van der Waals surface area contributed by atoms with Crippen LogP contribution < -0.4 is 21.7 Å². The van der Waals surface area contributed by atoms with Crippen molar-refractivity contribution in [3.63, 3.8) is 0 Å². The van der Waals surface area contributed by atoms with Gasteiger partial charge in [-0.15, -0.1) is 0 Å². The minimum Gasteiger partial charge on any atom is -0.480 e. The van der Waals surface area contributed by atoms with E-state index in [9.17, 15) is 19.2 Å². The molecule has 0 bridgehead atoms. The number of nitrogens with two attached hydrogens (primary N) is 1. The Morgan fingerprint density at radius 2 is 1.84 bits per heavy atom. The van der Waals surface area contributed by atoms with E-state index in [1.165, 1.54) is 25.0 Å². The van der Waals surface area contributed by atoms with Gasteiger partial charge in [0.15, 0.2) is 0 Å². The maximum atomic E-state index is 13.0. The highest BCUT2D eigenvalue weighted by Gasteiger charge is 2.31. The summed E-state index contributed by atoms with van der Waals surface area (Å²) in [7, 11) is 0. The quantitative estimate of drug-likeness (QED) is 0.213. The molecular formula is C20H34N6O5S. The molecule has 1 heterocycles. The number of carbonyl (C=O) groups excluding carboxylic acids is 3. The molecule has 0 saturated carbocycles. The summed E-state index contributed by atoms with van der Waals surface area (Å²) in [5.41, 5.74) is 6.68. The van der Waals surface area contributed by atoms with Crippen LogP contribution in [0.15, 0.2) is 12.5 Å². The number of nitrogens with one attached hydrogen (secondary N) is 4. The van der Waals surface area contributed by atoms with Crippen LogP contribution in [0.5, 0.6) is 0 Å². The van der Waals surface area contributed by atoms with Gasteiger partial charge in [-0.2, -0.15) is 11.8 Å². The number of nitrogens with zero attached hydrogens (tertiary/aromatic N) is 1. The zero-order valence-electron chi connectivity index (χ0n) is 18.9. The molecule has 1 aromatic rings. The number of carboxylic acid groups (broad SMARTS) is 1. The Morgan fingerprint density at radius 1 is 1.16 bits per heavy atom. The number of hydrogen-bond donors (Lipinski definition) is 6. The number of carbonyl (C=O) groups is 4. The zero-order valence-corrected chi connectivity index (χ0v) is 19.7. The molecule has 12 heteroatoms. The largest absolute Gasteiger partial charge is 0.480 e. The maximum absolute atomic E-state index is 13.0. The molecule has 32 heavy (non-hydrogen) atoms. The second-order valence-electron chi connectivity index (χ2n) is 7.67. The Bertz CT molecular complexity index is 760. The van der Waals surface area contributed by atoms with Crippen molar-refractivity contribution in [2.75, 3.05) is 12.0 Å². The molecule has 3 amide bonds. The topological polar surface area (TPSA) is 179 Å². The van der Waals surface area contributed by atoms with Crippen molar-refractivity contribution >= 4 is 35.5 Å². The lowest BCUT2D eigenvalue weighted by atomic mass is 9.97. The summed E-state index contributed by atoms with van der Waals surface area (Å²) in [4.78, 5) is 56.0. The summed E-state index contributed by atoms with van der Waals surface area (Å²) in [6.07, 6.45) is 6.06. The van der Waals surface area contributed by atoms with E-state index in [0.717, 1.165) is 0 Å². The molecule has 7 N–H and O–H groups in total. The molecule has 5 atom stereocenters. The number of thioether (sulfide) groups is 1. The molecule has 1 aromatic heterocycles. The van der Waals surface area contributed by atoms with Crippen LogP contribution in [0.1, 0.15) is 39.3 Å². The first-order chi connectivity index (χ1) is 15.1. The van der Waals surface area contributed by atoms with Crippen LogP contribution in [0.2, 0.25) is 0 Å². The molecule has 1 rings (SSSR count). The molecule has 0 spiro atoms. The Hall–Kier alpha value is -2.60. The third-order valence-electron chi connectivity index (χ3n) is 5.10. The molecule has 0 saturated heterocycles. The average molecular weight is 471 g/mol. The molecular weight excluding hydrogens is 436 g/mol. The highest BCUT2D eigenvalue weighted by atomic mass is 32.2. The number of carboxylic acids is 1. The van der Waals surface area contributed by atoms with Crippen LogP contribution in [0, 0.1) is 5.92 Å². The van der Waals surface area contributed by atoms with Gasteiger partial charge in [0.2, 0.25) is 17.7 Å². The minimum absolute atomic E-state index is 0.222. The van der Waals surface area contributed by atoms with Crippen molar-refractivity contribution in [3.05, 3.63) is 18.2 Å². The van der Waals surface area contributed by atoms with E-state index in [0.29, 0.717) is 24.3 Å². The lowest BCUT2D eigenvalue weighted by Gasteiger charge is -2.27. The first-order valence-corrected chi connectivity index (χ1v) is 11.9. The monoisotopic (exact) mass is 470 g/mol. The van der Waals surface area contributed by atoms with Gasteiger partial charge in [-0.1, -0.05) is 20.3 Å². The average Bonchev–Trinajstić information content (AvgIpc) is 3.26. The van der Waals surface area contributed by atoms with Gasteiger partial charge in [-0.25, -0.2) is 4.98 Å². The van der Waals surface area contributed by atoms with Crippen molar-refractivity contribution in [2.45, 2.75) is 64.2 Å². The number of hydrogen-bond acceptors (Lipinski definition) is 7. The fraction of sp³-hybridized carbons (Fsp3) is 0.650. The summed E-state index contributed by atoms with van der Waals surface area (Å²) in [6, 6.07) is -3.82. The first kappa shape index (κ1) is 27.4. The molecule has 0 aliphatic rings. The van der Waals surface area contributed by atoms with Crippen LogP contribution in [0.4, 0.5) is 0 Å². The molecule has 0 aromatic carbocycles. The Balaban J connectivity index is 2.88. The van der Waals surface area contributed by atoms with Gasteiger partial charge in [-0.3, -0.25) is 19.2 Å². The standard InChI is InChI=1S/C20H34N6O5S/c1-5-11(2)16(26-17(27)14(21)8-13-9-22-10-23-13)19(29)25-15(6-7-32-4)18(28)24-12(3)20(30)31/h9-12,14-16H,5-8,21H2,1-4H3,(H,22,23)(H,24,28)(H,25,29)(H,26,27)(H,30,31). The number of aliphatic carboxylic acids is 1. The van der Waals surface area contributed by atoms with E-state index in [1.807, 2.05) is 20.1 Å². The molecule has 11 nitrogen and oxygen atoms in total. The van der Waals surface area contributed by atoms with Crippen molar-refractivity contribution in [1.29, 1.82) is 0 Å². The predicted molar refractivity (Wildman–Crippen MR) is 122 cm³/mol. The normalized spacial score (nSPS) is 15.7. The Labute approximate surface area is 192 Å².